The number of hydrogen-bond acceptors (Lipinski definition) is 6. The smallest absolute Gasteiger partial charge is 0.387 e. The summed E-state index contributed by atoms with van der Waals surface area (Å²) in [7, 11) is 1.65. The van der Waals surface area contributed by atoms with Crippen molar-refractivity contribution in [3.8, 4) is 5.75 Å². The highest BCUT2D eigenvalue weighted by atomic mass is 32.2. The number of rotatable bonds is 6. The SMILES string of the molecule is C[C@@H](Sc1nnnn1C)C(=O)Nc1ccccc1OC(F)F. The Morgan fingerprint density at radius 3 is 2.77 bits per heavy atom. The lowest BCUT2D eigenvalue weighted by Gasteiger charge is -2.14. The average molecular weight is 329 g/mol. The molecule has 118 valence electrons. The largest absolute Gasteiger partial charge is 0.433 e. The van der Waals surface area contributed by atoms with E-state index in [0.717, 1.165) is 11.8 Å². The highest BCUT2D eigenvalue weighted by Crippen LogP contribution is 2.27. The third-order valence-corrected chi connectivity index (χ3v) is 3.72. The highest BCUT2D eigenvalue weighted by Gasteiger charge is 2.19. The van der Waals surface area contributed by atoms with E-state index in [1.54, 1.807) is 20.0 Å². The summed E-state index contributed by atoms with van der Waals surface area (Å²) in [6.45, 7) is -1.31. The van der Waals surface area contributed by atoms with Crippen LogP contribution in [-0.2, 0) is 11.8 Å². The molecule has 0 aliphatic heterocycles. The fraction of sp³-hybridized carbons (Fsp3) is 0.333. The fourth-order valence-corrected chi connectivity index (χ4v) is 2.29. The van der Waals surface area contributed by atoms with E-state index >= 15 is 0 Å². The van der Waals surface area contributed by atoms with Crippen LogP contribution >= 0.6 is 11.8 Å². The maximum absolute atomic E-state index is 12.3. The number of aromatic nitrogens is 4. The minimum absolute atomic E-state index is 0.0941. The molecule has 0 bridgehead atoms. The van der Waals surface area contributed by atoms with Gasteiger partial charge in [-0.15, -0.1) is 5.10 Å². The first-order valence-electron chi connectivity index (χ1n) is 6.21. The van der Waals surface area contributed by atoms with Gasteiger partial charge in [-0.3, -0.25) is 4.79 Å². The number of thioether (sulfide) groups is 1. The van der Waals surface area contributed by atoms with Crippen molar-refractivity contribution >= 4 is 23.4 Å². The molecule has 1 heterocycles. The van der Waals surface area contributed by atoms with Gasteiger partial charge in [0, 0.05) is 7.05 Å². The van der Waals surface area contributed by atoms with Crippen LogP contribution in [0.25, 0.3) is 0 Å². The van der Waals surface area contributed by atoms with Crippen LogP contribution in [0.2, 0.25) is 0 Å². The van der Waals surface area contributed by atoms with Crippen molar-refractivity contribution in [3.05, 3.63) is 24.3 Å². The summed E-state index contributed by atoms with van der Waals surface area (Å²) in [5.41, 5.74) is 0.177. The Labute approximate surface area is 129 Å². The van der Waals surface area contributed by atoms with E-state index in [9.17, 15) is 13.6 Å². The van der Waals surface area contributed by atoms with Crippen LogP contribution < -0.4 is 10.1 Å². The van der Waals surface area contributed by atoms with E-state index in [4.69, 9.17) is 0 Å². The van der Waals surface area contributed by atoms with Crippen LogP contribution in [-0.4, -0.2) is 38.0 Å². The van der Waals surface area contributed by atoms with Crippen molar-refractivity contribution in [1.29, 1.82) is 0 Å². The average Bonchev–Trinajstić information content (AvgIpc) is 2.85. The van der Waals surface area contributed by atoms with Gasteiger partial charge in [-0.2, -0.15) is 8.78 Å². The van der Waals surface area contributed by atoms with Gasteiger partial charge in [0.1, 0.15) is 5.75 Å². The number of benzene rings is 1. The number of ether oxygens (including phenoxy) is 1. The first-order valence-corrected chi connectivity index (χ1v) is 7.09. The number of hydrogen-bond donors (Lipinski definition) is 1. The molecule has 0 saturated carbocycles. The third kappa shape index (κ3) is 4.13. The van der Waals surface area contributed by atoms with Gasteiger partial charge in [0.15, 0.2) is 0 Å². The number of halogens is 2. The molecule has 22 heavy (non-hydrogen) atoms. The molecule has 0 aliphatic carbocycles. The summed E-state index contributed by atoms with van der Waals surface area (Å²) in [5, 5.41) is 13.4. The van der Waals surface area contributed by atoms with Crippen LogP contribution in [0.5, 0.6) is 5.75 Å². The summed E-state index contributed by atoms with van der Waals surface area (Å²) in [4.78, 5) is 12.1. The molecule has 1 amide bonds. The van der Waals surface area contributed by atoms with Crippen molar-refractivity contribution in [2.75, 3.05) is 5.32 Å². The molecule has 0 fully saturated rings. The van der Waals surface area contributed by atoms with Gasteiger partial charge in [-0.05, 0) is 29.5 Å². The molecule has 2 rings (SSSR count). The second kappa shape index (κ2) is 7.16. The van der Waals surface area contributed by atoms with Gasteiger partial charge < -0.3 is 10.1 Å². The zero-order chi connectivity index (χ0) is 16.1. The number of nitrogens with zero attached hydrogens (tertiary/aromatic N) is 4. The number of alkyl halides is 2. The van der Waals surface area contributed by atoms with Crippen molar-refractivity contribution in [2.24, 2.45) is 7.05 Å². The van der Waals surface area contributed by atoms with Crippen LogP contribution in [0, 0.1) is 0 Å². The van der Waals surface area contributed by atoms with Crippen molar-refractivity contribution in [1.82, 2.24) is 20.2 Å². The molecular formula is C12H13F2N5O2S. The summed E-state index contributed by atoms with van der Waals surface area (Å²) in [6.07, 6.45) is 0. The molecule has 1 atom stereocenters. The zero-order valence-corrected chi connectivity index (χ0v) is 12.6. The Bertz CT molecular complexity index is 652. The molecule has 1 aromatic heterocycles. The van der Waals surface area contributed by atoms with Gasteiger partial charge in [0.2, 0.25) is 11.1 Å². The van der Waals surface area contributed by atoms with E-state index in [0.29, 0.717) is 5.16 Å². The molecule has 0 saturated heterocycles. The van der Waals surface area contributed by atoms with Gasteiger partial charge >= 0.3 is 6.61 Å². The predicted octanol–water partition coefficient (Wildman–Crippen LogP) is 1.93. The second-order valence-corrected chi connectivity index (χ2v) is 5.52. The summed E-state index contributed by atoms with van der Waals surface area (Å²) in [5.74, 6) is -0.471. The molecule has 1 aromatic carbocycles. The number of carbonyl (C=O) groups is 1. The Balaban J connectivity index is 2.04. The summed E-state index contributed by atoms with van der Waals surface area (Å²) < 4.78 is 30.5. The minimum atomic E-state index is -2.96. The molecule has 2 aromatic rings. The highest BCUT2D eigenvalue weighted by molar-refractivity contribution is 8.00. The van der Waals surface area contributed by atoms with E-state index in [2.05, 4.69) is 25.6 Å². The Hall–Kier alpha value is -2.23. The monoisotopic (exact) mass is 329 g/mol. The molecule has 10 heteroatoms. The lowest BCUT2D eigenvalue weighted by atomic mass is 10.3. The van der Waals surface area contributed by atoms with Crippen LogP contribution in [0.4, 0.5) is 14.5 Å². The van der Waals surface area contributed by atoms with E-state index < -0.39 is 11.9 Å². The van der Waals surface area contributed by atoms with E-state index in [-0.39, 0.29) is 17.3 Å². The second-order valence-electron chi connectivity index (χ2n) is 4.21. The fourth-order valence-electron chi connectivity index (χ4n) is 1.54. The number of aryl methyl sites for hydroxylation is 1. The number of anilines is 1. The molecule has 0 unspecified atom stereocenters. The first-order chi connectivity index (χ1) is 10.5. The van der Waals surface area contributed by atoms with Gasteiger partial charge in [0.05, 0.1) is 10.9 Å². The first kappa shape index (κ1) is 16.1. The Kier molecular flexibility index (Phi) is 5.26. The molecule has 1 N–H and O–H groups in total. The number of tetrazole rings is 1. The van der Waals surface area contributed by atoms with Crippen LogP contribution in [0.1, 0.15) is 6.92 Å². The minimum Gasteiger partial charge on any atom is -0.433 e. The van der Waals surface area contributed by atoms with Gasteiger partial charge in [0.25, 0.3) is 0 Å². The lowest BCUT2D eigenvalue weighted by molar-refractivity contribution is -0.115. The topological polar surface area (TPSA) is 81.9 Å². The molecule has 0 radical (unpaired) electrons. The molecular weight excluding hydrogens is 316 g/mol. The maximum atomic E-state index is 12.3. The standard InChI is InChI=1S/C12H13F2N5O2S/c1-7(22-12-16-17-18-19(12)2)10(20)15-8-5-3-4-6-9(8)21-11(13)14/h3-7,11H,1-2H3,(H,15,20)/t7-/m1/s1. The number of amides is 1. The van der Waals surface area contributed by atoms with Gasteiger partial charge in [-0.1, -0.05) is 23.9 Å². The van der Waals surface area contributed by atoms with Gasteiger partial charge in [-0.25, -0.2) is 4.68 Å². The maximum Gasteiger partial charge on any atom is 0.387 e. The third-order valence-electron chi connectivity index (χ3n) is 2.59. The van der Waals surface area contributed by atoms with E-state index in [1.807, 2.05) is 0 Å². The summed E-state index contributed by atoms with van der Waals surface area (Å²) >= 11 is 1.15. The summed E-state index contributed by atoms with van der Waals surface area (Å²) in [6, 6.07) is 5.98. The zero-order valence-electron chi connectivity index (χ0n) is 11.7. The van der Waals surface area contributed by atoms with Crippen LogP contribution in [0.15, 0.2) is 29.4 Å². The van der Waals surface area contributed by atoms with Crippen molar-refractivity contribution in [3.63, 3.8) is 0 Å². The quantitative estimate of drug-likeness (QED) is 0.816. The molecule has 7 nitrogen and oxygen atoms in total. The van der Waals surface area contributed by atoms with Crippen LogP contribution in [0.3, 0.4) is 0 Å². The Morgan fingerprint density at radius 2 is 2.14 bits per heavy atom. The molecule has 0 aliphatic rings. The normalized spacial score (nSPS) is 12.2. The van der Waals surface area contributed by atoms with Crippen molar-refractivity contribution < 1.29 is 18.3 Å². The number of carbonyl (C=O) groups excluding carboxylic acids is 1. The van der Waals surface area contributed by atoms with E-state index in [1.165, 1.54) is 22.9 Å². The Morgan fingerprint density at radius 1 is 1.41 bits per heavy atom. The number of nitrogens with one attached hydrogen (secondary N) is 1. The predicted molar refractivity (Wildman–Crippen MR) is 75.8 cm³/mol. The lowest BCUT2D eigenvalue weighted by Crippen LogP contribution is -2.23. The molecule has 0 spiro atoms. The van der Waals surface area contributed by atoms with Crippen molar-refractivity contribution in [2.45, 2.75) is 23.9 Å². The number of para-hydroxylation sites is 2.